The van der Waals surface area contributed by atoms with E-state index >= 15 is 0 Å². The van der Waals surface area contributed by atoms with E-state index < -0.39 is 0 Å². The Bertz CT molecular complexity index is 639. The Hall–Kier alpha value is -1.59. The minimum absolute atomic E-state index is 0.0267. The fraction of sp³-hybridized carbons (Fsp3) is 0.312. The molecule has 21 heavy (non-hydrogen) atoms. The maximum absolute atomic E-state index is 12.8. The molecule has 0 unspecified atom stereocenters. The summed E-state index contributed by atoms with van der Waals surface area (Å²) in [5, 5.41) is 0. The van der Waals surface area contributed by atoms with Gasteiger partial charge in [0, 0.05) is 24.3 Å². The molecule has 0 spiro atoms. The molecule has 0 radical (unpaired) electrons. The van der Waals surface area contributed by atoms with E-state index in [0.717, 1.165) is 10.0 Å². The Morgan fingerprint density at radius 1 is 1.33 bits per heavy atom. The van der Waals surface area contributed by atoms with Gasteiger partial charge in [-0.05, 0) is 27.6 Å². The quantitative estimate of drug-likeness (QED) is 0.835. The predicted molar refractivity (Wildman–Crippen MR) is 84.2 cm³/mol. The molecule has 1 aliphatic rings. The minimum Gasteiger partial charge on any atom is -0.377 e. The van der Waals surface area contributed by atoms with Gasteiger partial charge >= 0.3 is 0 Å². The standard InChI is InChI=1S/C16H17BrN2O2/c1-18-10-13(17)9-14(18)16(20)19-7-8-21-11-15(19)12-5-3-2-4-6-12/h2-6,9-10,15H,7-8,11H2,1H3/t15-/m0/s1. The molecule has 1 aromatic carbocycles. The average Bonchev–Trinajstić information content (AvgIpc) is 2.86. The molecule has 4 nitrogen and oxygen atoms in total. The zero-order valence-corrected chi connectivity index (χ0v) is 13.4. The van der Waals surface area contributed by atoms with E-state index in [-0.39, 0.29) is 11.9 Å². The van der Waals surface area contributed by atoms with Crippen LogP contribution in [0.2, 0.25) is 0 Å². The van der Waals surface area contributed by atoms with E-state index in [9.17, 15) is 4.79 Å². The number of carbonyl (C=O) groups excluding carboxylic acids is 1. The summed E-state index contributed by atoms with van der Waals surface area (Å²) in [6, 6.07) is 11.9. The molecule has 5 heteroatoms. The van der Waals surface area contributed by atoms with Crippen LogP contribution in [0.3, 0.4) is 0 Å². The number of nitrogens with zero attached hydrogens (tertiary/aromatic N) is 2. The van der Waals surface area contributed by atoms with Crippen molar-refractivity contribution in [1.82, 2.24) is 9.47 Å². The lowest BCUT2D eigenvalue weighted by Crippen LogP contribution is -2.43. The topological polar surface area (TPSA) is 34.5 Å². The van der Waals surface area contributed by atoms with Crippen LogP contribution in [-0.2, 0) is 11.8 Å². The van der Waals surface area contributed by atoms with Crippen LogP contribution >= 0.6 is 15.9 Å². The lowest BCUT2D eigenvalue weighted by atomic mass is 10.0. The highest BCUT2D eigenvalue weighted by Gasteiger charge is 2.30. The molecule has 1 aliphatic heterocycles. The number of benzene rings is 1. The third kappa shape index (κ3) is 2.89. The van der Waals surface area contributed by atoms with Crippen LogP contribution in [0.25, 0.3) is 0 Å². The molecule has 2 aromatic rings. The van der Waals surface area contributed by atoms with Crippen LogP contribution < -0.4 is 0 Å². The van der Waals surface area contributed by atoms with Crippen LogP contribution in [0.5, 0.6) is 0 Å². The van der Waals surface area contributed by atoms with E-state index in [1.165, 1.54) is 0 Å². The van der Waals surface area contributed by atoms with Crippen molar-refractivity contribution in [2.24, 2.45) is 7.05 Å². The van der Waals surface area contributed by atoms with Gasteiger partial charge in [0.2, 0.25) is 0 Å². The molecule has 1 atom stereocenters. The van der Waals surface area contributed by atoms with Crippen molar-refractivity contribution in [3.63, 3.8) is 0 Å². The molecule has 0 aliphatic carbocycles. The maximum Gasteiger partial charge on any atom is 0.271 e. The summed E-state index contributed by atoms with van der Waals surface area (Å²) in [5.41, 5.74) is 1.79. The Labute approximate surface area is 132 Å². The first-order chi connectivity index (χ1) is 10.2. The molecule has 1 amide bonds. The summed E-state index contributed by atoms with van der Waals surface area (Å²) >= 11 is 3.42. The normalized spacial score (nSPS) is 18.8. The number of hydrogen-bond donors (Lipinski definition) is 0. The largest absolute Gasteiger partial charge is 0.377 e. The number of amides is 1. The lowest BCUT2D eigenvalue weighted by Gasteiger charge is -2.36. The SMILES string of the molecule is Cn1cc(Br)cc1C(=O)N1CCOC[C@H]1c1ccccc1. The van der Waals surface area contributed by atoms with E-state index in [4.69, 9.17) is 4.74 Å². The van der Waals surface area contributed by atoms with Crippen LogP contribution in [0.1, 0.15) is 22.1 Å². The molecule has 0 N–H and O–H groups in total. The number of halogens is 1. The van der Waals surface area contributed by atoms with Crippen LogP contribution in [-0.4, -0.2) is 35.1 Å². The van der Waals surface area contributed by atoms with Crippen molar-refractivity contribution in [3.05, 3.63) is 58.3 Å². The first-order valence-electron chi connectivity index (χ1n) is 6.92. The third-order valence-electron chi connectivity index (χ3n) is 3.76. The highest BCUT2D eigenvalue weighted by atomic mass is 79.9. The van der Waals surface area contributed by atoms with Crippen molar-refractivity contribution < 1.29 is 9.53 Å². The highest BCUT2D eigenvalue weighted by Crippen LogP contribution is 2.26. The summed E-state index contributed by atoms with van der Waals surface area (Å²) in [6.45, 7) is 1.74. The van der Waals surface area contributed by atoms with Gasteiger partial charge in [-0.1, -0.05) is 30.3 Å². The van der Waals surface area contributed by atoms with Crippen molar-refractivity contribution >= 4 is 21.8 Å². The van der Waals surface area contributed by atoms with E-state index in [1.54, 1.807) is 0 Å². The van der Waals surface area contributed by atoms with Gasteiger partial charge in [0.1, 0.15) is 5.69 Å². The Morgan fingerprint density at radius 2 is 2.10 bits per heavy atom. The fourth-order valence-corrected chi connectivity index (χ4v) is 3.21. The third-order valence-corrected chi connectivity index (χ3v) is 4.20. The Morgan fingerprint density at radius 3 is 2.76 bits per heavy atom. The summed E-state index contributed by atoms with van der Waals surface area (Å²) in [5.74, 6) is 0.0420. The second-order valence-corrected chi connectivity index (χ2v) is 6.07. The highest BCUT2D eigenvalue weighted by molar-refractivity contribution is 9.10. The number of rotatable bonds is 2. The summed E-state index contributed by atoms with van der Waals surface area (Å²) < 4.78 is 8.34. The van der Waals surface area contributed by atoms with Gasteiger partial charge in [-0.15, -0.1) is 0 Å². The van der Waals surface area contributed by atoms with Crippen LogP contribution in [0, 0.1) is 0 Å². The smallest absolute Gasteiger partial charge is 0.271 e. The van der Waals surface area contributed by atoms with Gasteiger partial charge in [0.15, 0.2) is 0 Å². The molecule has 1 saturated heterocycles. The van der Waals surface area contributed by atoms with Gasteiger partial charge in [0.25, 0.3) is 5.91 Å². The molecular formula is C16H17BrN2O2. The van der Waals surface area contributed by atoms with Crippen molar-refractivity contribution in [2.75, 3.05) is 19.8 Å². The summed E-state index contributed by atoms with van der Waals surface area (Å²) in [7, 11) is 1.88. The molecule has 2 heterocycles. The van der Waals surface area contributed by atoms with Gasteiger partial charge < -0.3 is 14.2 Å². The monoisotopic (exact) mass is 348 g/mol. The Balaban J connectivity index is 1.91. The van der Waals surface area contributed by atoms with Gasteiger partial charge in [-0.25, -0.2) is 0 Å². The molecule has 0 bridgehead atoms. The minimum atomic E-state index is -0.0267. The van der Waals surface area contributed by atoms with Gasteiger partial charge in [0.05, 0.1) is 19.3 Å². The number of carbonyl (C=O) groups is 1. The number of aryl methyl sites for hydroxylation is 1. The summed E-state index contributed by atoms with van der Waals surface area (Å²) in [6.07, 6.45) is 1.89. The fourth-order valence-electron chi connectivity index (χ4n) is 2.68. The molecular weight excluding hydrogens is 332 g/mol. The number of ether oxygens (including phenoxy) is 1. The van der Waals surface area contributed by atoms with Gasteiger partial charge in [-0.2, -0.15) is 0 Å². The molecule has 3 rings (SSSR count). The number of hydrogen-bond acceptors (Lipinski definition) is 2. The first-order valence-corrected chi connectivity index (χ1v) is 7.71. The van der Waals surface area contributed by atoms with Crippen molar-refractivity contribution in [3.8, 4) is 0 Å². The zero-order valence-electron chi connectivity index (χ0n) is 11.8. The van der Waals surface area contributed by atoms with Crippen molar-refractivity contribution in [1.29, 1.82) is 0 Å². The number of aromatic nitrogens is 1. The molecule has 1 fully saturated rings. The average molecular weight is 349 g/mol. The molecule has 1 aromatic heterocycles. The number of morpholine rings is 1. The summed E-state index contributed by atoms with van der Waals surface area (Å²) in [4.78, 5) is 14.7. The first kappa shape index (κ1) is 14.4. The van der Waals surface area contributed by atoms with Crippen LogP contribution in [0.4, 0.5) is 0 Å². The van der Waals surface area contributed by atoms with Crippen LogP contribution in [0.15, 0.2) is 47.1 Å². The molecule has 0 saturated carbocycles. The molecule has 110 valence electrons. The van der Waals surface area contributed by atoms with Gasteiger partial charge in [-0.3, -0.25) is 4.79 Å². The Kier molecular flexibility index (Phi) is 4.12. The second-order valence-electron chi connectivity index (χ2n) is 5.15. The van der Waals surface area contributed by atoms with E-state index in [0.29, 0.717) is 25.5 Å². The predicted octanol–water partition coefficient (Wildman–Crippen LogP) is 3.00. The second kappa shape index (κ2) is 6.03. The maximum atomic E-state index is 12.8. The zero-order chi connectivity index (χ0) is 14.8. The lowest BCUT2D eigenvalue weighted by molar-refractivity contribution is -0.00319. The van der Waals surface area contributed by atoms with E-state index in [2.05, 4.69) is 15.9 Å². The van der Waals surface area contributed by atoms with Crippen molar-refractivity contribution in [2.45, 2.75) is 6.04 Å². The van der Waals surface area contributed by atoms with E-state index in [1.807, 2.05) is 59.1 Å².